The summed E-state index contributed by atoms with van der Waals surface area (Å²) in [6, 6.07) is 4.16. The number of likely N-dealkylation sites (tertiary alicyclic amines) is 1. The minimum atomic E-state index is -0.942. The predicted molar refractivity (Wildman–Crippen MR) is 79.0 cm³/mol. The van der Waals surface area contributed by atoms with Gasteiger partial charge in [-0.3, -0.25) is 19.7 Å². The molecule has 8 heteroatoms. The van der Waals surface area contributed by atoms with Gasteiger partial charge in [-0.2, -0.15) is 0 Å². The summed E-state index contributed by atoms with van der Waals surface area (Å²) in [5.74, 6) is -1.30. The molecule has 1 fully saturated rings. The topological polar surface area (TPSA) is 113 Å². The van der Waals surface area contributed by atoms with Crippen molar-refractivity contribution in [3.8, 4) is 0 Å². The van der Waals surface area contributed by atoms with E-state index in [1.54, 1.807) is 4.90 Å². The van der Waals surface area contributed by atoms with Gasteiger partial charge in [0, 0.05) is 31.4 Å². The Morgan fingerprint density at radius 3 is 2.59 bits per heavy atom. The number of benzene rings is 1. The SMILES string of the molecule is O=C(O)CCNc1ccc([N+](=O)[O-])c(C(=O)N2CCCC2)c1. The Labute approximate surface area is 126 Å². The predicted octanol–water partition coefficient (Wildman–Crippen LogP) is 1.72. The van der Waals surface area contributed by atoms with Crippen LogP contribution in [0.15, 0.2) is 18.2 Å². The zero-order chi connectivity index (χ0) is 16.1. The Morgan fingerprint density at radius 2 is 2.00 bits per heavy atom. The van der Waals surface area contributed by atoms with Gasteiger partial charge in [0.1, 0.15) is 5.56 Å². The molecule has 1 aromatic carbocycles. The molecule has 0 bridgehead atoms. The molecule has 2 N–H and O–H groups in total. The van der Waals surface area contributed by atoms with E-state index in [1.807, 2.05) is 0 Å². The second-order valence-electron chi connectivity index (χ2n) is 5.06. The van der Waals surface area contributed by atoms with E-state index in [2.05, 4.69) is 5.32 Å². The molecule has 0 radical (unpaired) electrons. The first-order valence-corrected chi connectivity index (χ1v) is 7.02. The van der Waals surface area contributed by atoms with Gasteiger partial charge < -0.3 is 15.3 Å². The summed E-state index contributed by atoms with van der Waals surface area (Å²) >= 11 is 0. The Bertz CT molecular complexity index is 596. The molecule has 118 valence electrons. The van der Waals surface area contributed by atoms with Crippen molar-refractivity contribution < 1.29 is 19.6 Å². The van der Waals surface area contributed by atoms with E-state index in [1.165, 1.54) is 18.2 Å². The van der Waals surface area contributed by atoms with Crippen LogP contribution in [-0.2, 0) is 4.79 Å². The van der Waals surface area contributed by atoms with E-state index < -0.39 is 10.9 Å². The van der Waals surface area contributed by atoms with Crippen molar-refractivity contribution >= 4 is 23.3 Å². The number of nitro benzene ring substituents is 1. The van der Waals surface area contributed by atoms with Crippen LogP contribution >= 0.6 is 0 Å². The molecule has 1 amide bonds. The molecular formula is C14H17N3O5. The lowest BCUT2D eigenvalue weighted by Gasteiger charge is -2.16. The third-order valence-corrected chi connectivity index (χ3v) is 3.48. The average Bonchev–Trinajstić information content (AvgIpc) is 3.00. The maximum absolute atomic E-state index is 12.4. The van der Waals surface area contributed by atoms with Crippen LogP contribution in [0.2, 0.25) is 0 Å². The maximum Gasteiger partial charge on any atom is 0.305 e. The van der Waals surface area contributed by atoms with Crippen molar-refractivity contribution in [2.45, 2.75) is 19.3 Å². The third-order valence-electron chi connectivity index (χ3n) is 3.48. The molecule has 0 saturated carbocycles. The number of nitrogens with one attached hydrogen (secondary N) is 1. The third kappa shape index (κ3) is 3.72. The minimum absolute atomic E-state index is 0.0345. The number of rotatable bonds is 6. The number of hydrogen-bond donors (Lipinski definition) is 2. The van der Waals surface area contributed by atoms with Crippen molar-refractivity contribution in [2.75, 3.05) is 25.0 Å². The van der Waals surface area contributed by atoms with Crippen LogP contribution in [0, 0.1) is 10.1 Å². The maximum atomic E-state index is 12.4. The van der Waals surface area contributed by atoms with Crippen molar-refractivity contribution in [1.82, 2.24) is 4.90 Å². The van der Waals surface area contributed by atoms with Crippen LogP contribution in [0.5, 0.6) is 0 Å². The highest BCUT2D eigenvalue weighted by molar-refractivity contribution is 5.99. The molecule has 1 aromatic rings. The molecule has 22 heavy (non-hydrogen) atoms. The second-order valence-corrected chi connectivity index (χ2v) is 5.06. The van der Waals surface area contributed by atoms with Gasteiger partial charge in [-0.1, -0.05) is 0 Å². The van der Waals surface area contributed by atoms with Gasteiger partial charge in [0.25, 0.3) is 11.6 Å². The lowest BCUT2D eigenvalue weighted by atomic mass is 10.1. The highest BCUT2D eigenvalue weighted by Crippen LogP contribution is 2.25. The molecule has 1 heterocycles. The minimum Gasteiger partial charge on any atom is -0.481 e. The summed E-state index contributed by atoms with van der Waals surface area (Å²) in [4.78, 5) is 35.0. The van der Waals surface area contributed by atoms with Gasteiger partial charge in [-0.15, -0.1) is 0 Å². The van der Waals surface area contributed by atoms with Gasteiger partial charge in [0.15, 0.2) is 0 Å². The molecule has 8 nitrogen and oxygen atoms in total. The van der Waals surface area contributed by atoms with Gasteiger partial charge >= 0.3 is 5.97 Å². The standard InChI is InChI=1S/C14H17N3O5/c18-13(19)5-6-15-10-3-4-12(17(21)22)11(9-10)14(20)16-7-1-2-8-16/h3-4,9,15H,1-2,5-8H2,(H,18,19). The van der Waals surface area contributed by atoms with Crippen LogP contribution < -0.4 is 5.32 Å². The fourth-order valence-corrected chi connectivity index (χ4v) is 2.38. The summed E-state index contributed by atoms with van der Waals surface area (Å²) in [7, 11) is 0. The van der Waals surface area contributed by atoms with E-state index in [9.17, 15) is 19.7 Å². The molecular weight excluding hydrogens is 290 g/mol. The van der Waals surface area contributed by atoms with Gasteiger partial charge in [0.05, 0.1) is 11.3 Å². The van der Waals surface area contributed by atoms with Crippen LogP contribution in [-0.4, -0.2) is 46.4 Å². The zero-order valence-corrected chi connectivity index (χ0v) is 11.9. The molecule has 0 atom stereocenters. The zero-order valence-electron chi connectivity index (χ0n) is 11.9. The molecule has 1 saturated heterocycles. The highest BCUT2D eigenvalue weighted by atomic mass is 16.6. The van der Waals surface area contributed by atoms with Crippen LogP contribution in [0.25, 0.3) is 0 Å². The number of nitrogens with zero attached hydrogens (tertiary/aromatic N) is 2. The molecule has 2 rings (SSSR count). The first-order valence-electron chi connectivity index (χ1n) is 7.02. The van der Waals surface area contributed by atoms with E-state index in [-0.39, 0.29) is 30.1 Å². The van der Waals surface area contributed by atoms with Crippen LogP contribution in [0.4, 0.5) is 11.4 Å². The average molecular weight is 307 g/mol. The highest BCUT2D eigenvalue weighted by Gasteiger charge is 2.26. The van der Waals surface area contributed by atoms with Crippen LogP contribution in [0.3, 0.4) is 0 Å². The van der Waals surface area contributed by atoms with Gasteiger partial charge in [-0.05, 0) is 25.0 Å². The number of carboxylic acid groups (broad SMARTS) is 1. The fraction of sp³-hybridized carbons (Fsp3) is 0.429. The number of aliphatic carboxylic acids is 1. The Hall–Kier alpha value is -2.64. The van der Waals surface area contributed by atoms with Crippen molar-refractivity contribution in [3.63, 3.8) is 0 Å². The number of amides is 1. The number of anilines is 1. The molecule has 1 aliphatic rings. The number of carbonyl (C=O) groups is 2. The Balaban J connectivity index is 2.21. The molecule has 0 spiro atoms. The quantitative estimate of drug-likeness (QED) is 0.611. The van der Waals surface area contributed by atoms with Crippen molar-refractivity contribution in [2.24, 2.45) is 0 Å². The second kappa shape index (κ2) is 6.88. The molecule has 0 aliphatic carbocycles. The lowest BCUT2D eigenvalue weighted by Crippen LogP contribution is -2.28. The molecule has 0 unspecified atom stereocenters. The monoisotopic (exact) mass is 307 g/mol. The normalized spacial score (nSPS) is 13.9. The van der Waals surface area contributed by atoms with Crippen molar-refractivity contribution in [3.05, 3.63) is 33.9 Å². The van der Waals surface area contributed by atoms with Gasteiger partial charge in [0.2, 0.25) is 0 Å². The fourth-order valence-electron chi connectivity index (χ4n) is 2.38. The van der Waals surface area contributed by atoms with Gasteiger partial charge in [-0.25, -0.2) is 0 Å². The van der Waals surface area contributed by atoms with Crippen molar-refractivity contribution in [1.29, 1.82) is 0 Å². The number of carboxylic acids is 1. The Kier molecular flexibility index (Phi) is 4.92. The number of hydrogen-bond acceptors (Lipinski definition) is 5. The molecule has 0 aromatic heterocycles. The first kappa shape index (κ1) is 15.7. The first-order chi connectivity index (χ1) is 10.5. The smallest absolute Gasteiger partial charge is 0.305 e. The van der Waals surface area contributed by atoms with E-state index in [4.69, 9.17) is 5.11 Å². The summed E-state index contributed by atoms with van der Waals surface area (Å²) < 4.78 is 0. The lowest BCUT2D eigenvalue weighted by molar-refractivity contribution is -0.385. The summed E-state index contributed by atoms with van der Waals surface area (Å²) in [5, 5.41) is 22.6. The van der Waals surface area contributed by atoms with E-state index >= 15 is 0 Å². The summed E-state index contributed by atoms with van der Waals surface area (Å²) in [5.41, 5.74) is 0.294. The van der Waals surface area contributed by atoms with E-state index in [0.29, 0.717) is 18.8 Å². The number of nitro groups is 1. The molecule has 1 aliphatic heterocycles. The van der Waals surface area contributed by atoms with Crippen LogP contribution in [0.1, 0.15) is 29.6 Å². The largest absolute Gasteiger partial charge is 0.481 e. The summed E-state index contributed by atoms with van der Waals surface area (Å²) in [6.45, 7) is 1.39. The number of carbonyl (C=O) groups excluding carboxylic acids is 1. The van der Waals surface area contributed by atoms with E-state index in [0.717, 1.165) is 12.8 Å². The summed E-state index contributed by atoms with van der Waals surface area (Å²) in [6.07, 6.45) is 1.72. The Morgan fingerprint density at radius 1 is 1.32 bits per heavy atom.